The molecule has 1 rings (SSSR count). The Morgan fingerprint density at radius 3 is 2.10 bits per heavy atom. The second kappa shape index (κ2) is 9.31. The van der Waals surface area contributed by atoms with Crippen molar-refractivity contribution in [2.45, 2.75) is 49.7 Å². The van der Waals surface area contributed by atoms with Crippen molar-refractivity contribution in [3.05, 3.63) is 25.3 Å². The number of aliphatic hydroxyl groups is 1. The lowest BCUT2D eigenvalue weighted by atomic mass is 9.93. The van der Waals surface area contributed by atoms with Gasteiger partial charge in [-0.05, 0) is 25.7 Å². The van der Waals surface area contributed by atoms with E-state index in [2.05, 4.69) is 18.5 Å². The first-order valence-electron chi connectivity index (χ1n) is 6.96. The molecule has 6 nitrogen and oxygen atoms in total. The predicted molar refractivity (Wildman–Crippen MR) is 81.7 cm³/mol. The molecular formula is C15H26N2O4. The third-order valence-corrected chi connectivity index (χ3v) is 3.57. The maximum absolute atomic E-state index is 12.0. The number of nitrogens with two attached hydrogens (primary N) is 1. The Bertz CT molecular complexity index is 353. The van der Waals surface area contributed by atoms with Gasteiger partial charge in [0, 0.05) is 6.54 Å². The summed E-state index contributed by atoms with van der Waals surface area (Å²) >= 11 is 0. The highest BCUT2D eigenvalue weighted by atomic mass is 16.3. The largest absolute Gasteiger partial charge is 0.483 e. The van der Waals surface area contributed by atoms with Gasteiger partial charge in [-0.1, -0.05) is 25.0 Å². The van der Waals surface area contributed by atoms with Crippen LogP contribution in [-0.2, 0) is 9.59 Å². The second-order valence-corrected chi connectivity index (χ2v) is 5.36. The molecule has 0 unspecified atom stereocenters. The summed E-state index contributed by atoms with van der Waals surface area (Å²) in [4.78, 5) is 20.4. The van der Waals surface area contributed by atoms with E-state index in [1.54, 1.807) is 12.2 Å². The van der Waals surface area contributed by atoms with Gasteiger partial charge in [-0.15, -0.1) is 13.2 Å². The van der Waals surface area contributed by atoms with E-state index in [9.17, 15) is 9.90 Å². The molecular weight excluding hydrogens is 272 g/mol. The summed E-state index contributed by atoms with van der Waals surface area (Å²) in [5, 5.41) is 19.9. The lowest BCUT2D eigenvalue weighted by molar-refractivity contribution is -0.127. The Kier molecular flexibility index (Phi) is 8.57. The van der Waals surface area contributed by atoms with Gasteiger partial charge >= 0.3 is 0 Å². The number of amides is 1. The molecule has 0 spiro atoms. The van der Waals surface area contributed by atoms with Gasteiger partial charge in [0.15, 0.2) is 0 Å². The third kappa shape index (κ3) is 6.55. The molecule has 21 heavy (non-hydrogen) atoms. The molecule has 0 aromatic rings. The van der Waals surface area contributed by atoms with Crippen LogP contribution in [0, 0.1) is 0 Å². The first-order chi connectivity index (χ1) is 9.87. The van der Waals surface area contributed by atoms with E-state index in [4.69, 9.17) is 15.6 Å². The number of nitrogens with one attached hydrogen (secondary N) is 1. The molecule has 1 saturated carbocycles. The van der Waals surface area contributed by atoms with E-state index < -0.39 is 11.1 Å². The first-order valence-corrected chi connectivity index (χ1v) is 6.96. The molecule has 0 aliphatic heterocycles. The number of carboxylic acid groups (broad SMARTS) is 1. The zero-order valence-electron chi connectivity index (χ0n) is 12.4. The van der Waals surface area contributed by atoms with E-state index in [1.165, 1.54) is 0 Å². The maximum Gasteiger partial charge on any atom is 0.290 e. The average Bonchev–Trinajstić information content (AvgIpc) is 2.86. The standard InChI is InChI=1S/C14H24N2O2.CH2O2/c1-3-7-13(18,8-4-2)11-16-12(17)14(15)9-5-6-10-14;2-1-3/h3-4,18H,1-2,5-11,15H2,(H,16,17);1H,(H,2,3). The number of hydrogen-bond acceptors (Lipinski definition) is 4. The summed E-state index contributed by atoms with van der Waals surface area (Å²) in [5.41, 5.74) is 4.29. The minimum Gasteiger partial charge on any atom is -0.483 e. The van der Waals surface area contributed by atoms with E-state index in [0.29, 0.717) is 12.8 Å². The highest BCUT2D eigenvalue weighted by molar-refractivity contribution is 5.86. The summed E-state index contributed by atoms with van der Waals surface area (Å²) in [6, 6.07) is 0. The van der Waals surface area contributed by atoms with Crippen molar-refractivity contribution in [2.75, 3.05) is 6.54 Å². The van der Waals surface area contributed by atoms with Crippen LogP contribution in [0.25, 0.3) is 0 Å². The normalized spacial score (nSPS) is 16.3. The Morgan fingerprint density at radius 1 is 1.29 bits per heavy atom. The summed E-state index contributed by atoms with van der Waals surface area (Å²) in [7, 11) is 0. The number of hydrogen-bond donors (Lipinski definition) is 4. The van der Waals surface area contributed by atoms with Crippen molar-refractivity contribution in [1.29, 1.82) is 0 Å². The molecule has 1 fully saturated rings. The Hall–Kier alpha value is -1.66. The number of carbonyl (C=O) groups is 2. The summed E-state index contributed by atoms with van der Waals surface area (Å²) < 4.78 is 0. The van der Waals surface area contributed by atoms with E-state index in [1.807, 2.05) is 0 Å². The van der Waals surface area contributed by atoms with Crippen molar-refractivity contribution >= 4 is 12.4 Å². The van der Waals surface area contributed by atoms with Crippen molar-refractivity contribution < 1.29 is 19.8 Å². The fourth-order valence-electron chi connectivity index (χ4n) is 2.42. The molecule has 0 bridgehead atoms. The van der Waals surface area contributed by atoms with Crippen LogP contribution in [0.5, 0.6) is 0 Å². The molecule has 0 heterocycles. The van der Waals surface area contributed by atoms with Crippen molar-refractivity contribution in [3.63, 3.8) is 0 Å². The molecule has 120 valence electrons. The Labute approximate surface area is 125 Å². The minimum atomic E-state index is -1.01. The van der Waals surface area contributed by atoms with E-state index in [-0.39, 0.29) is 18.9 Å². The van der Waals surface area contributed by atoms with Gasteiger partial charge in [0.05, 0.1) is 11.1 Å². The fraction of sp³-hybridized carbons (Fsp3) is 0.600. The third-order valence-electron chi connectivity index (χ3n) is 3.57. The van der Waals surface area contributed by atoms with Crippen LogP contribution in [-0.4, -0.2) is 40.3 Å². The fourth-order valence-corrected chi connectivity index (χ4v) is 2.42. The van der Waals surface area contributed by atoms with Gasteiger partial charge in [0.25, 0.3) is 6.47 Å². The van der Waals surface area contributed by atoms with Gasteiger partial charge in [-0.2, -0.15) is 0 Å². The molecule has 0 aromatic carbocycles. The monoisotopic (exact) mass is 298 g/mol. The van der Waals surface area contributed by atoms with Crippen LogP contribution in [0.1, 0.15) is 38.5 Å². The van der Waals surface area contributed by atoms with Crippen LogP contribution in [0.3, 0.4) is 0 Å². The van der Waals surface area contributed by atoms with Gasteiger partial charge < -0.3 is 21.3 Å². The van der Waals surface area contributed by atoms with Crippen molar-refractivity contribution in [2.24, 2.45) is 5.73 Å². The molecule has 1 aliphatic rings. The highest BCUT2D eigenvalue weighted by Gasteiger charge is 2.37. The van der Waals surface area contributed by atoms with Crippen LogP contribution in [0.15, 0.2) is 25.3 Å². The summed E-state index contributed by atoms with van der Waals surface area (Å²) in [5.74, 6) is -0.161. The lowest BCUT2D eigenvalue weighted by Crippen LogP contribution is -2.55. The Morgan fingerprint density at radius 2 is 1.71 bits per heavy atom. The molecule has 0 saturated heterocycles. The van der Waals surface area contributed by atoms with Crippen LogP contribution >= 0.6 is 0 Å². The summed E-state index contributed by atoms with van der Waals surface area (Å²) in [6.07, 6.45) is 7.54. The topological polar surface area (TPSA) is 113 Å². The van der Waals surface area contributed by atoms with Crippen LogP contribution < -0.4 is 11.1 Å². The molecule has 0 aromatic heterocycles. The molecule has 0 radical (unpaired) electrons. The molecule has 0 atom stereocenters. The van der Waals surface area contributed by atoms with E-state index >= 15 is 0 Å². The maximum atomic E-state index is 12.0. The zero-order chi connectivity index (χ0) is 16.4. The first kappa shape index (κ1) is 19.3. The predicted octanol–water partition coefficient (Wildman–Crippen LogP) is 0.958. The molecule has 1 aliphatic carbocycles. The van der Waals surface area contributed by atoms with Gasteiger partial charge in [0.2, 0.25) is 5.91 Å². The smallest absolute Gasteiger partial charge is 0.290 e. The molecule has 1 amide bonds. The van der Waals surface area contributed by atoms with Crippen molar-refractivity contribution in [3.8, 4) is 0 Å². The van der Waals surface area contributed by atoms with Crippen LogP contribution in [0.2, 0.25) is 0 Å². The quantitative estimate of drug-likeness (QED) is 0.413. The number of carbonyl (C=O) groups excluding carboxylic acids is 1. The average molecular weight is 298 g/mol. The zero-order valence-corrected chi connectivity index (χ0v) is 12.4. The van der Waals surface area contributed by atoms with Gasteiger partial charge in [0.1, 0.15) is 0 Å². The SMILES string of the molecule is C=CCC(O)(CC=C)CNC(=O)C1(N)CCCC1.O=CO. The van der Waals surface area contributed by atoms with Crippen LogP contribution in [0.4, 0.5) is 0 Å². The minimum absolute atomic E-state index is 0.161. The second-order valence-electron chi connectivity index (χ2n) is 5.36. The number of rotatable bonds is 7. The Balaban J connectivity index is 0.00000122. The lowest BCUT2D eigenvalue weighted by Gasteiger charge is -2.29. The van der Waals surface area contributed by atoms with Crippen molar-refractivity contribution in [1.82, 2.24) is 5.32 Å². The van der Waals surface area contributed by atoms with Gasteiger partial charge in [-0.25, -0.2) is 0 Å². The van der Waals surface area contributed by atoms with E-state index in [0.717, 1.165) is 25.7 Å². The van der Waals surface area contributed by atoms with Gasteiger partial charge in [-0.3, -0.25) is 9.59 Å². The summed E-state index contributed by atoms with van der Waals surface area (Å²) in [6.45, 7) is 7.16. The molecule has 6 heteroatoms. The highest BCUT2D eigenvalue weighted by Crippen LogP contribution is 2.27. The molecule has 5 N–H and O–H groups in total.